The Labute approximate surface area is 96.1 Å². The number of anilines is 1. The number of hydrogen-bond donors (Lipinski definition) is 1. The molecule has 0 saturated carbocycles. The van der Waals surface area contributed by atoms with Gasteiger partial charge in [0.15, 0.2) is 18.1 Å². The molecule has 1 aliphatic rings. The van der Waals surface area contributed by atoms with E-state index in [1.54, 1.807) is 0 Å². The third-order valence-corrected chi connectivity index (χ3v) is 2.78. The van der Waals surface area contributed by atoms with Crippen molar-refractivity contribution in [3.63, 3.8) is 0 Å². The third-order valence-electron chi connectivity index (χ3n) is 2.78. The van der Waals surface area contributed by atoms with Gasteiger partial charge in [0.05, 0.1) is 0 Å². The maximum absolute atomic E-state index is 13.8. The molecule has 92 valence electrons. The lowest BCUT2D eigenvalue weighted by Crippen LogP contribution is -2.43. The molecule has 0 aliphatic carbocycles. The molecule has 3 nitrogen and oxygen atoms in total. The van der Waals surface area contributed by atoms with Gasteiger partial charge in [-0.1, -0.05) is 0 Å². The maximum atomic E-state index is 13.8. The predicted octanol–water partition coefficient (Wildman–Crippen LogP) is 1.97. The molecule has 17 heavy (non-hydrogen) atoms. The Balaban J connectivity index is 2.57. The van der Waals surface area contributed by atoms with Crippen LogP contribution < -0.4 is 5.73 Å². The van der Waals surface area contributed by atoms with Crippen molar-refractivity contribution in [1.29, 1.82) is 0 Å². The lowest BCUT2D eigenvalue weighted by molar-refractivity contribution is 0.0735. The third kappa shape index (κ3) is 1.83. The molecule has 2 rings (SSSR count). The second kappa shape index (κ2) is 4.27. The summed E-state index contributed by atoms with van der Waals surface area (Å²) in [6.07, 6.45) is -0.813. The van der Waals surface area contributed by atoms with Crippen molar-refractivity contribution in [1.82, 2.24) is 0 Å². The molecule has 0 spiro atoms. The maximum Gasteiger partial charge on any atom is 0.170 e. The fourth-order valence-corrected chi connectivity index (χ4v) is 1.78. The highest BCUT2D eigenvalue weighted by Crippen LogP contribution is 2.36. The highest BCUT2D eigenvalue weighted by atomic mass is 19.1. The molecular formula is C11H11F3N2O. The lowest BCUT2D eigenvalue weighted by atomic mass is 9.86. The second-order valence-corrected chi connectivity index (χ2v) is 3.83. The van der Waals surface area contributed by atoms with Gasteiger partial charge in [0, 0.05) is 11.3 Å². The first-order valence-corrected chi connectivity index (χ1v) is 5.01. The van der Waals surface area contributed by atoms with Crippen LogP contribution in [0.3, 0.4) is 0 Å². The minimum absolute atomic E-state index is 0.188. The minimum Gasteiger partial charge on any atom is -0.480 e. The summed E-state index contributed by atoms with van der Waals surface area (Å²) in [7, 11) is 0. The Morgan fingerprint density at radius 3 is 2.94 bits per heavy atom. The van der Waals surface area contributed by atoms with E-state index in [-0.39, 0.29) is 17.9 Å². The lowest BCUT2D eigenvalue weighted by Gasteiger charge is -2.33. The van der Waals surface area contributed by atoms with E-state index >= 15 is 0 Å². The Morgan fingerprint density at radius 1 is 1.53 bits per heavy atom. The standard InChI is InChI=1S/C11H11F3N2O/c12-5-11(10(14)4-17-6-16-11)8-3-7(15)1-2-9(8)13/h1-3,6,10H,4-5,15H2/t10-,11+/m0/s1. The monoisotopic (exact) mass is 244 g/mol. The fraction of sp³-hybridized carbons (Fsp3) is 0.364. The molecule has 1 aliphatic heterocycles. The number of benzene rings is 1. The van der Waals surface area contributed by atoms with Gasteiger partial charge >= 0.3 is 0 Å². The predicted molar refractivity (Wildman–Crippen MR) is 57.8 cm³/mol. The van der Waals surface area contributed by atoms with Gasteiger partial charge < -0.3 is 10.5 Å². The summed E-state index contributed by atoms with van der Waals surface area (Å²) in [5.74, 6) is -0.737. The first-order valence-electron chi connectivity index (χ1n) is 5.01. The van der Waals surface area contributed by atoms with Crippen LogP contribution in [-0.2, 0) is 10.3 Å². The van der Waals surface area contributed by atoms with Gasteiger partial charge in [0.2, 0.25) is 0 Å². The molecule has 1 heterocycles. The second-order valence-electron chi connectivity index (χ2n) is 3.83. The molecule has 2 atom stereocenters. The molecule has 2 N–H and O–H groups in total. The van der Waals surface area contributed by atoms with E-state index in [9.17, 15) is 13.2 Å². The molecule has 0 radical (unpaired) electrons. The van der Waals surface area contributed by atoms with Gasteiger partial charge in [0.1, 0.15) is 19.1 Å². The van der Waals surface area contributed by atoms with Crippen molar-refractivity contribution in [2.45, 2.75) is 11.7 Å². The first-order chi connectivity index (χ1) is 8.10. The average Bonchev–Trinajstić information content (AvgIpc) is 2.33. The number of hydrogen-bond acceptors (Lipinski definition) is 3. The van der Waals surface area contributed by atoms with Crippen molar-refractivity contribution in [2.24, 2.45) is 4.99 Å². The van der Waals surface area contributed by atoms with Crippen molar-refractivity contribution < 1.29 is 17.9 Å². The number of ether oxygens (including phenoxy) is 1. The van der Waals surface area contributed by atoms with E-state index in [1.165, 1.54) is 12.1 Å². The minimum atomic E-state index is -1.89. The van der Waals surface area contributed by atoms with E-state index in [1.807, 2.05) is 0 Å². The normalized spacial score (nSPS) is 27.8. The molecule has 0 fully saturated rings. The average molecular weight is 244 g/mol. The zero-order chi connectivity index (χ0) is 12.5. The van der Waals surface area contributed by atoms with Gasteiger partial charge in [-0.3, -0.25) is 0 Å². The number of nitrogen functional groups attached to an aromatic ring is 1. The summed E-state index contributed by atoms with van der Waals surface area (Å²) >= 11 is 0. The van der Waals surface area contributed by atoms with E-state index < -0.39 is 24.2 Å². The van der Waals surface area contributed by atoms with Crippen molar-refractivity contribution in [2.75, 3.05) is 19.0 Å². The fourth-order valence-electron chi connectivity index (χ4n) is 1.78. The molecule has 1 aromatic carbocycles. The summed E-state index contributed by atoms with van der Waals surface area (Å²) in [6.45, 7) is -1.52. The van der Waals surface area contributed by atoms with Crippen LogP contribution in [0.25, 0.3) is 0 Å². The van der Waals surface area contributed by atoms with Crippen LogP contribution in [0.4, 0.5) is 18.9 Å². The van der Waals surface area contributed by atoms with Crippen LogP contribution in [0.1, 0.15) is 5.56 Å². The van der Waals surface area contributed by atoms with Crippen LogP contribution in [0.15, 0.2) is 23.2 Å². The molecule has 0 amide bonds. The first kappa shape index (κ1) is 11.8. The highest BCUT2D eigenvalue weighted by Gasteiger charge is 2.45. The van der Waals surface area contributed by atoms with Crippen LogP contribution >= 0.6 is 0 Å². The number of halogens is 3. The van der Waals surface area contributed by atoms with Crippen molar-refractivity contribution >= 4 is 12.1 Å². The number of alkyl halides is 2. The van der Waals surface area contributed by atoms with E-state index in [0.717, 1.165) is 12.5 Å². The number of rotatable bonds is 2. The quantitative estimate of drug-likeness (QED) is 0.808. The summed E-state index contributed by atoms with van der Waals surface area (Å²) in [5, 5.41) is 0. The van der Waals surface area contributed by atoms with Crippen molar-refractivity contribution in [3.8, 4) is 0 Å². The molecule has 0 bridgehead atoms. The molecule has 0 saturated heterocycles. The van der Waals surface area contributed by atoms with Gasteiger partial charge in [0.25, 0.3) is 0 Å². The Morgan fingerprint density at radius 2 is 2.29 bits per heavy atom. The van der Waals surface area contributed by atoms with Crippen LogP contribution in [0, 0.1) is 5.82 Å². The summed E-state index contributed by atoms with van der Waals surface area (Å²) in [4.78, 5) is 3.64. The number of aliphatic imine (C=N–C) groups is 1. The van der Waals surface area contributed by atoms with E-state index in [2.05, 4.69) is 9.73 Å². The Kier molecular flexibility index (Phi) is 2.95. The van der Waals surface area contributed by atoms with E-state index in [4.69, 9.17) is 5.73 Å². The SMILES string of the molecule is Nc1ccc(F)c([C@@]2(CF)N=COC[C@@H]2F)c1. The molecule has 0 unspecified atom stereocenters. The van der Waals surface area contributed by atoms with Gasteiger partial charge in [-0.05, 0) is 18.2 Å². The van der Waals surface area contributed by atoms with Crippen LogP contribution in [-0.4, -0.2) is 25.9 Å². The van der Waals surface area contributed by atoms with E-state index in [0.29, 0.717) is 0 Å². The van der Waals surface area contributed by atoms with Crippen LogP contribution in [0.2, 0.25) is 0 Å². The van der Waals surface area contributed by atoms with Gasteiger partial charge in [-0.2, -0.15) is 0 Å². The van der Waals surface area contributed by atoms with Gasteiger partial charge in [-0.25, -0.2) is 18.2 Å². The molecule has 6 heteroatoms. The summed E-state index contributed by atoms with van der Waals surface area (Å²) < 4.78 is 45.3. The summed E-state index contributed by atoms with van der Waals surface area (Å²) in [5.41, 5.74) is 3.64. The Bertz CT molecular complexity index is 452. The smallest absolute Gasteiger partial charge is 0.170 e. The van der Waals surface area contributed by atoms with Crippen LogP contribution in [0.5, 0.6) is 0 Å². The molecule has 1 aromatic rings. The Hall–Kier alpha value is -1.72. The zero-order valence-electron chi connectivity index (χ0n) is 8.87. The number of nitrogens with zero attached hydrogens (tertiary/aromatic N) is 1. The van der Waals surface area contributed by atoms with Crippen molar-refractivity contribution in [3.05, 3.63) is 29.6 Å². The number of nitrogens with two attached hydrogens (primary N) is 1. The molecular weight excluding hydrogens is 233 g/mol. The highest BCUT2D eigenvalue weighted by molar-refractivity contribution is 5.53. The summed E-state index contributed by atoms with van der Waals surface area (Å²) in [6, 6.07) is 3.59. The largest absolute Gasteiger partial charge is 0.480 e. The topological polar surface area (TPSA) is 47.6 Å². The van der Waals surface area contributed by atoms with Gasteiger partial charge in [-0.15, -0.1) is 0 Å². The molecule has 0 aromatic heterocycles. The zero-order valence-corrected chi connectivity index (χ0v) is 8.87.